The summed E-state index contributed by atoms with van der Waals surface area (Å²) in [5.74, 6) is -0.629. The third-order valence-electron chi connectivity index (χ3n) is 3.64. The normalized spacial score (nSPS) is 11.0. The standard InChI is InChI=1S/C15H18ClN3O2/c1-3-10(4-2)9-19-14(13(15(20)21)17-18-19)11-5-7-12(16)8-6-11/h5-8,10H,3-4,9H2,1-2H3,(H,20,21). The van der Waals surface area contributed by atoms with Crippen LogP contribution in [0.2, 0.25) is 5.02 Å². The van der Waals surface area contributed by atoms with Crippen molar-refractivity contribution in [2.24, 2.45) is 5.92 Å². The fourth-order valence-corrected chi connectivity index (χ4v) is 2.40. The zero-order valence-corrected chi connectivity index (χ0v) is 12.8. The maximum Gasteiger partial charge on any atom is 0.358 e. The number of carbonyl (C=O) groups is 1. The van der Waals surface area contributed by atoms with Crippen LogP contribution in [0.25, 0.3) is 11.3 Å². The van der Waals surface area contributed by atoms with Gasteiger partial charge in [-0.2, -0.15) is 0 Å². The van der Waals surface area contributed by atoms with E-state index in [1.165, 1.54) is 0 Å². The molecule has 6 heteroatoms. The predicted octanol–water partition coefficient (Wildman–Crippen LogP) is 3.73. The summed E-state index contributed by atoms with van der Waals surface area (Å²) in [6.45, 7) is 4.89. The van der Waals surface area contributed by atoms with E-state index in [1.807, 2.05) is 0 Å². The summed E-state index contributed by atoms with van der Waals surface area (Å²) in [5.41, 5.74) is 1.27. The van der Waals surface area contributed by atoms with E-state index in [9.17, 15) is 9.90 Å². The Morgan fingerprint density at radius 1 is 1.29 bits per heavy atom. The van der Waals surface area contributed by atoms with Crippen molar-refractivity contribution in [1.29, 1.82) is 0 Å². The van der Waals surface area contributed by atoms with Crippen molar-refractivity contribution in [3.05, 3.63) is 35.0 Å². The lowest BCUT2D eigenvalue weighted by Gasteiger charge is -2.14. The Morgan fingerprint density at radius 2 is 1.90 bits per heavy atom. The molecule has 21 heavy (non-hydrogen) atoms. The molecule has 112 valence electrons. The van der Waals surface area contributed by atoms with Gasteiger partial charge in [0, 0.05) is 17.1 Å². The molecule has 1 N–H and O–H groups in total. The number of aromatic carboxylic acids is 1. The summed E-state index contributed by atoms with van der Waals surface area (Å²) in [6.07, 6.45) is 2.03. The van der Waals surface area contributed by atoms with Gasteiger partial charge in [-0.1, -0.05) is 55.6 Å². The molecular formula is C15H18ClN3O2. The molecule has 5 nitrogen and oxygen atoms in total. The van der Waals surface area contributed by atoms with Crippen LogP contribution in [0.4, 0.5) is 0 Å². The fourth-order valence-electron chi connectivity index (χ4n) is 2.27. The van der Waals surface area contributed by atoms with Crippen molar-refractivity contribution in [3.63, 3.8) is 0 Å². The Bertz CT molecular complexity index is 618. The van der Waals surface area contributed by atoms with Gasteiger partial charge in [-0.25, -0.2) is 9.48 Å². The second-order valence-corrected chi connectivity index (χ2v) is 5.40. The van der Waals surface area contributed by atoms with Gasteiger partial charge in [0.25, 0.3) is 0 Å². The highest BCUT2D eigenvalue weighted by Gasteiger charge is 2.21. The van der Waals surface area contributed by atoms with Crippen LogP contribution in [0.1, 0.15) is 37.2 Å². The second kappa shape index (κ2) is 6.72. The van der Waals surface area contributed by atoms with Gasteiger partial charge < -0.3 is 5.11 Å². The number of hydrogen-bond acceptors (Lipinski definition) is 3. The SMILES string of the molecule is CCC(CC)Cn1nnc(C(=O)O)c1-c1ccc(Cl)cc1. The van der Waals surface area contributed by atoms with E-state index < -0.39 is 5.97 Å². The van der Waals surface area contributed by atoms with Gasteiger partial charge in [-0.05, 0) is 18.1 Å². The first kappa shape index (κ1) is 15.5. The van der Waals surface area contributed by atoms with Gasteiger partial charge in [0.15, 0.2) is 5.69 Å². The number of nitrogens with zero attached hydrogens (tertiary/aromatic N) is 3. The number of benzene rings is 1. The zero-order valence-electron chi connectivity index (χ0n) is 12.1. The lowest BCUT2D eigenvalue weighted by Crippen LogP contribution is -2.12. The minimum atomic E-state index is -1.07. The van der Waals surface area contributed by atoms with E-state index >= 15 is 0 Å². The minimum Gasteiger partial charge on any atom is -0.476 e. The van der Waals surface area contributed by atoms with Crippen LogP contribution in [0, 0.1) is 5.92 Å². The quantitative estimate of drug-likeness (QED) is 0.883. The number of rotatable bonds is 6. The largest absolute Gasteiger partial charge is 0.476 e. The van der Waals surface area contributed by atoms with Gasteiger partial charge in [0.2, 0.25) is 0 Å². The molecule has 0 unspecified atom stereocenters. The number of hydrogen-bond donors (Lipinski definition) is 1. The molecule has 1 aromatic heterocycles. The number of carboxylic acids is 1. The Labute approximate surface area is 128 Å². The zero-order chi connectivity index (χ0) is 15.4. The molecule has 0 bridgehead atoms. The molecule has 0 amide bonds. The maximum absolute atomic E-state index is 11.4. The molecule has 0 atom stereocenters. The fraction of sp³-hybridized carbons (Fsp3) is 0.400. The van der Waals surface area contributed by atoms with Crippen molar-refractivity contribution >= 4 is 17.6 Å². The number of aromatic nitrogens is 3. The summed E-state index contributed by atoms with van der Waals surface area (Å²) in [5, 5.41) is 17.7. The molecule has 0 fully saturated rings. The highest BCUT2D eigenvalue weighted by Crippen LogP contribution is 2.25. The van der Waals surface area contributed by atoms with E-state index in [0.29, 0.717) is 23.2 Å². The molecule has 1 heterocycles. The molecule has 1 aromatic carbocycles. The number of carboxylic acid groups (broad SMARTS) is 1. The van der Waals surface area contributed by atoms with Crippen molar-refractivity contribution in [2.75, 3.05) is 0 Å². The van der Waals surface area contributed by atoms with Crippen LogP contribution < -0.4 is 0 Å². The second-order valence-electron chi connectivity index (χ2n) is 4.96. The van der Waals surface area contributed by atoms with E-state index in [1.54, 1.807) is 28.9 Å². The molecule has 2 aromatic rings. The molecule has 0 saturated carbocycles. The topological polar surface area (TPSA) is 68.0 Å². The van der Waals surface area contributed by atoms with E-state index in [4.69, 9.17) is 11.6 Å². The molecule has 2 rings (SSSR count). The Morgan fingerprint density at radius 3 is 2.43 bits per heavy atom. The highest BCUT2D eigenvalue weighted by molar-refractivity contribution is 6.30. The lowest BCUT2D eigenvalue weighted by molar-refractivity contribution is 0.0691. The molecule has 0 aliphatic heterocycles. The van der Waals surface area contributed by atoms with Crippen molar-refractivity contribution in [1.82, 2.24) is 15.0 Å². The van der Waals surface area contributed by atoms with Crippen LogP contribution in [0.5, 0.6) is 0 Å². The average molecular weight is 308 g/mol. The first-order chi connectivity index (χ1) is 10.1. The minimum absolute atomic E-state index is 0.0247. The van der Waals surface area contributed by atoms with Crippen molar-refractivity contribution < 1.29 is 9.90 Å². The molecule has 0 spiro atoms. The third kappa shape index (κ3) is 3.42. The predicted molar refractivity (Wildman–Crippen MR) is 81.5 cm³/mol. The first-order valence-corrected chi connectivity index (χ1v) is 7.37. The van der Waals surface area contributed by atoms with Gasteiger partial charge >= 0.3 is 5.97 Å². The smallest absolute Gasteiger partial charge is 0.358 e. The van der Waals surface area contributed by atoms with Crippen LogP contribution in [0.15, 0.2) is 24.3 Å². The summed E-state index contributed by atoms with van der Waals surface area (Å²) in [7, 11) is 0. The molecule has 0 aliphatic rings. The summed E-state index contributed by atoms with van der Waals surface area (Å²) in [4.78, 5) is 11.4. The maximum atomic E-state index is 11.4. The molecular weight excluding hydrogens is 290 g/mol. The van der Waals surface area contributed by atoms with E-state index in [0.717, 1.165) is 18.4 Å². The third-order valence-corrected chi connectivity index (χ3v) is 3.89. The van der Waals surface area contributed by atoms with Gasteiger partial charge in [-0.15, -0.1) is 5.10 Å². The van der Waals surface area contributed by atoms with Gasteiger partial charge in [0.05, 0.1) is 0 Å². The summed E-state index contributed by atoms with van der Waals surface area (Å²) < 4.78 is 1.68. The highest BCUT2D eigenvalue weighted by atomic mass is 35.5. The van der Waals surface area contributed by atoms with Crippen LogP contribution in [0.3, 0.4) is 0 Å². The van der Waals surface area contributed by atoms with E-state index in [2.05, 4.69) is 24.2 Å². The lowest BCUT2D eigenvalue weighted by atomic mass is 10.0. The molecule has 0 radical (unpaired) electrons. The summed E-state index contributed by atoms with van der Waals surface area (Å²) >= 11 is 5.89. The van der Waals surface area contributed by atoms with Crippen molar-refractivity contribution in [3.8, 4) is 11.3 Å². The summed E-state index contributed by atoms with van der Waals surface area (Å²) in [6, 6.07) is 7.04. The van der Waals surface area contributed by atoms with Crippen LogP contribution in [-0.4, -0.2) is 26.1 Å². The Hall–Kier alpha value is -1.88. The average Bonchev–Trinajstić information content (AvgIpc) is 2.89. The van der Waals surface area contributed by atoms with E-state index in [-0.39, 0.29) is 5.69 Å². The molecule has 0 saturated heterocycles. The van der Waals surface area contributed by atoms with Gasteiger partial charge in [-0.3, -0.25) is 0 Å². The van der Waals surface area contributed by atoms with Crippen molar-refractivity contribution in [2.45, 2.75) is 33.2 Å². The Kier molecular flexibility index (Phi) is 4.96. The monoisotopic (exact) mass is 307 g/mol. The molecule has 0 aliphatic carbocycles. The van der Waals surface area contributed by atoms with Crippen LogP contribution >= 0.6 is 11.6 Å². The Balaban J connectivity index is 2.47. The van der Waals surface area contributed by atoms with Gasteiger partial charge in [0.1, 0.15) is 5.69 Å². The first-order valence-electron chi connectivity index (χ1n) is 6.99. The number of halogens is 1. The van der Waals surface area contributed by atoms with Crippen LogP contribution in [-0.2, 0) is 6.54 Å².